The molecule has 0 unspecified atom stereocenters. The van der Waals surface area contributed by atoms with E-state index < -0.39 is 0 Å². The SMILES string of the molecule is COCc1cc(NCC2CN(c3ccc4nnc(C(C)(C)C)n4n3)C2)n2ncnc2n1. The van der Waals surface area contributed by atoms with E-state index in [1.165, 1.54) is 6.33 Å². The van der Waals surface area contributed by atoms with Crippen LogP contribution in [0.15, 0.2) is 24.5 Å². The first-order valence-corrected chi connectivity index (χ1v) is 10.3. The first-order chi connectivity index (χ1) is 14.9. The highest BCUT2D eigenvalue weighted by molar-refractivity contribution is 5.49. The molecule has 0 aliphatic carbocycles. The average molecular weight is 422 g/mol. The van der Waals surface area contributed by atoms with Gasteiger partial charge < -0.3 is 15.0 Å². The fraction of sp³-hybridized carbons (Fsp3) is 0.500. The second kappa shape index (κ2) is 7.41. The van der Waals surface area contributed by atoms with Crippen LogP contribution in [0.2, 0.25) is 0 Å². The number of rotatable bonds is 6. The summed E-state index contributed by atoms with van der Waals surface area (Å²) in [4.78, 5) is 10.9. The van der Waals surface area contributed by atoms with E-state index in [0.29, 0.717) is 18.3 Å². The van der Waals surface area contributed by atoms with Crippen molar-refractivity contribution in [2.45, 2.75) is 32.8 Å². The minimum Gasteiger partial charge on any atom is -0.378 e. The van der Waals surface area contributed by atoms with Gasteiger partial charge in [0.25, 0.3) is 5.78 Å². The summed E-state index contributed by atoms with van der Waals surface area (Å²) in [6.07, 6.45) is 1.51. The van der Waals surface area contributed by atoms with E-state index in [-0.39, 0.29) is 5.41 Å². The predicted molar refractivity (Wildman–Crippen MR) is 115 cm³/mol. The summed E-state index contributed by atoms with van der Waals surface area (Å²) in [7, 11) is 1.65. The molecule has 4 aromatic rings. The van der Waals surface area contributed by atoms with Crippen LogP contribution in [-0.4, -0.2) is 66.1 Å². The quantitative estimate of drug-likeness (QED) is 0.495. The Morgan fingerprint density at radius 3 is 2.77 bits per heavy atom. The van der Waals surface area contributed by atoms with Crippen molar-refractivity contribution in [2.75, 3.05) is 37.0 Å². The monoisotopic (exact) mass is 422 g/mol. The predicted octanol–water partition coefficient (Wildman–Crippen LogP) is 1.55. The summed E-state index contributed by atoms with van der Waals surface area (Å²) < 4.78 is 8.78. The zero-order chi connectivity index (χ0) is 21.6. The lowest BCUT2D eigenvalue weighted by atomic mass is 9.96. The first-order valence-electron chi connectivity index (χ1n) is 10.3. The molecule has 1 fully saturated rings. The number of ether oxygens (including phenoxy) is 1. The van der Waals surface area contributed by atoms with Gasteiger partial charge in [-0.05, 0) is 12.1 Å². The molecule has 1 aliphatic heterocycles. The maximum absolute atomic E-state index is 5.21. The number of methoxy groups -OCH3 is 1. The van der Waals surface area contributed by atoms with Crippen LogP contribution in [0.3, 0.4) is 0 Å². The molecule has 0 atom stereocenters. The smallest absolute Gasteiger partial charge is 0.254 e. The van der Waals surface area contributed by atoms with Crippen molar-refractivity contribution in [2.24, 2.45) is 5.92 Å². The second-order valence-corrected chi connectivity index (χ2v) is 8.92. The molecule has 11 nitrogen and oxygen atoms in total. The van der Waals surface area contributed by atoms with Gasteiger partial charge in [-0.15, -0.1) is 15.3 Å². The molecule has 1 aliphatic rings. The molecule has 5 heterocycles. The second-order valence-electron chi connectivity index (χ2n) is 8.92. The lowest BCUT2D eigenvalue weighted by molar-refractivity contribution is 0.181. The van der Waals surface area contributed by atoms with Gasteiger partial charge in [-0.25, -0.2) is 4.98 Å². The van der Waals surface area contributed by atoms with Crippen LogP contribution >= 0.6 is 0 Å². The molecule has 31 heavy (non-hydrogen) atoms. The number of anilines is 2. The Morgan fingerprint density at radius 2 is 2.00 bits per heavy atom. The lowest BCUT2D eigenvalue weighted by Crippen LogP contribution is -2.50. The largest absolute Gasteiger partial charge is 0.378 e. The normalized spacial score (nSPS) is 15.0. The topological polar surface area (TPSA) is 111 Å². The highest BCUT2D eigenvalue weighted by Crippen LogP contribution is 2.25. The van der Waals surface area contributed by atoms with Crippen LogP contribution in [0.5, 0.6) is 0 Å². The molecule has 4 aromatic heterocycles. The number of nitrogens with one attached hydrogen (secondary N) is 1. The number of fused-ring (bicyclic) bond motifs is 2. The van der Waals surface area contributed by atoms with Crippen molar-refractivity contribution in [1.82, 2.24) is 39.4 Å². The van der Waals surface area contributed by atoms with Gasteiger partial charge in [-0.1, -0.05) is 20.8 Å². The van der Waals surface area contributed by atoms with Crippen LogP contribution in [0.25, 0.3) is 11.4 Å². The van der Waals surface area contributed by atoms with E-state index in [2.05, 4.69) is 56.3 Å². The zero-order valence-electron chi connectivity index (χ0n) is 18.1. The molecular weight excluding hydrogens is 396 g/mol. The van der Waals surface area contributed by atoms with Crippen LogP contribution in [0.4, 0.5) is 11.6 Å². The zero-order valence-corrected chi connectivity index (χ0v) is 18.1. The molecule has 162 valence electrons. The third-order valence-corrected chi connectivity index (χ3v) is 5.37. The summed E-state index contributed by atoms with van der Waals surface area (Å²) in [5, 5.41) is 21.1. The molecule has 0 aromatic carbocycles. The number of hydrogen-bond acceptors (Lipinski definition) is 9. The minimum absolute atomic E-state index is 0.120. The fourth-order valence-corrected chi connectivity index (χ4v) is 3.76. The summed E-state index contributed by atoms with van der Waals surface area (Å²) in [6.45, 7) is 9.46. The van der Waals surface area contributed by atoms with E-state index in [0.717, 1.165) is 48.4 Å². The molecule has 0 radical (unpaired) electrons. The van der Waals surface area contributed by atoms with Gasteiger partial charge in [0.1, 0.15) is 18.0 Å². The number of hydrogen-bond donors (Lipinski definition) is 1. The molecule has 0 bridgehead atoms. The third-order valence-electron chi connectivity index (χ3n) is 5.37. The molecule has 5 rings (SSSR count). The van der Waals surface area contributed by atoms with Crippen LogP contribution < -0.4 is 10.2 Å². The van der Waals surface area contributed by atoms with Crippen molar-refractivity contribution in [3.05, 3.63) is 36.0 Å². The van der Waals surface area contributed by atoms with Gasteiger partial charge in [0.2, 0.25) is 0 Å². The lowest BCUT2D eigenvalue weighted by Gasteiger charge is -2.40. The summed E-state index contributed by atoms with van der Waals surface area (Å²) in [6, 6.07) is 5.95. The van der Waals surface area contributed by atoms with E-state index in [1.807, 2.05) is 22.7 Å². The van der Waals surface area contributed by atoms with Gasteiger partial charge in [0, 0.05) is 44.1 Å². The number of nitrogens with zero attached hydrogens (tertiary/aromatic N) is 9. The molecule has 0 saturated carbocycles. The van der Waals surface area contributed by atoms with E-state index in [1.54, 1.807) is 11.6 Å². The molecule has 0 amide bonds. The number of aromatic nitrogens is 8. The van der Waals surface area contributed by atoms with Crippen molar-refractivity contribution in [3.63, 3.8) is 0 Å². The Morgan fingerprint density at radius 1 is 1.16 bits per heavy atom. The fourth-order valence-electron chi connectivity index (χ4n) is 3.76. The van der Waals surface area contributed by atoms with Gasteiger partial charge >= 0.3 is 0 Å². The van der Waals surface area contributed by atoms with E-state index in [9.17, 15) is 0 Å². The van der Waals surface area contributed by atoms with Crippen LogP contribution in [0.1, 0.15) is 32.3 Å². The van der Waals surface area contributed by atoms with Crippen molar-refractivity contribution in [3.8, 4) is 0 Å². The Bertz CT molecular complexity index is 1220. The van der Waals surface area contributed by atoms with Crippen LogP contribution in [-0.2, 0) is 16.8 Å². The summed E-state index contributed by atoms with van der Waals surface area (Å²) in [5.74, 6) is 3.74. The van der Waals surface area contributed by atoms with Gasteiger partial charge in [0.15, 0.2) is 11.5 Å². The third kappa shape index (κ3) is 3.65. The highest BCUT2D eigenvalue weighted by atomic mass is 16.5. The molecular formula is C20H26N10O. The van der Waals surface area contributed by atoms with E-state index in [4.69, 9.17) is 9.84 Å². The molecule has 0 spiro atoms. The average Bonchev–Trinajstić information content (AvgIpc) is 3.33. The Labute approximate surface area is 179 Å². The Balaban J connectivity index is 1.26. The van der Waals surface area contributed by atoms with Crippen LogP contribution in [0, 0.1) is 5.92 Å². The molecule has 1 N–H and O–H groups in total. The summed E-state index contributed by atoms with van der Waals surface area (Å²) >= 11 is 0. The Hall–Kier alpha value is -3.34. The first kappa shape index (κ1) is 19.6. The van der Waals surface area contributed by atoms with Gasteiger partial charge in [-0.2, -0.15) is 19.1 Å². The standard InChI is InChI=1S/C20H26N10O/c1-20(2,3)18-26-25-15-5-6-16(27-29(15)18)28-9-13(10-28)8-21-17-7-14(11-31-4)24-19-22-12-23-30(17)19/h5-7,12-13,21H,8-11H2,1-4H3. The van der Waals surface area contributed by atoms with E-state index >= 15 is 0 Å². The highest BCUT2D eigenvalue weighted by Gasteiger charge is 2.29. The molecule has 1 saturated heterocycles. The maximum atomic E-state index is 5.21. The van der Waals surface area contributed by atoms with Crippen molar-refractivity contribution >= 4 is 23.1 Å². The molecule has 11 heteroatoms. The Kier molecular flexibility index (Phi) is 4.69. The maximum Gasteiger partial charge on any atom is 0.254 e. The van der Waals surface area contributed by atoms with Crippen molar-refractivity contribution < 1.29 is 4.74 Å². The summed E-state index contributed by atoms with van der Waals surface area (Å²) in [5.41, 5.74) is 1.47. The van der Waals surface area contributed by atoms with Gasteiger partial charge in [-0.3, -0.25) is 0 Å². The van der Waals surface area contributed by atoms with Gasteiger partial charge in [0.05, 0.1) is 12.3 Å². The minimum atomic E-state index is -0.120. The van der Waals surface area contributed by atoms with Crippen molar-refractivity contribution in [1.29, 1.82) is 0 Å².